The average molecular weight is 322 g/mol. The number of amides is 1. The second-order valence-corrected chi connectivity index (χ2v) is 5.75. The molecule has 7 nitrogen and oxygen atoms in total. The van der Waals surface area contributed by atoms with Gasteiger partial charge in [0.25, 0.3) is 0 Å². The third kappa shape index (κ3) is 5.92. The molecular formula is C16H30N6O. The number of nitrogens with one attached hydrogen (secondary N) is 3. The Morgan fingerprint density at radius 3 is 2.57 bits per heavy atom. The van der Waals surface area contributed by atoms with Gasteiger partial charge in [0, 0.05) is 50.9 Å². The first-order valence-corrected chi connectivity index (χ1v) is 8.11. The Kier molecular flexibility index (Phi) is 7.57. The van der Waals surface area contributed by atoms with Gasteiger partial charge in [0.15, 0.2) is 5.96 Å². The van der Waals surface area contributed by atoms with Crippen molar-refractivity contribution < 1.29 is 4.79 Å². The third-order valence-corrected chi connectivity index (χ3v) is 3.98. The number of carbonyl (C=O) groups excluding carboxylic acids is 1. The van der Waals surface area contributed by atoms with Crippen molar-refractivity contribution in [2.24, 2.45) is 12.0 Å². The highest BCUT2D eigenvalue weighted by molar-refractivity contribution is 5.81. The molecule has 1 rings (SSSR count). The second kappa shape index (κ2) is 9.17. The molecule has 3 N–H and O–H groups in total. The topological polar surface area (TPSA) is 83.3 Å². The van der Waals surface area contributed by atoms with Crippen LogP contribution in [0, 0.1) is 13.8 Å². The summed E-state index contributed by atoms with van der Waals surface area (Å²) in [6.45, 7) is 9.31. The van der Waals surface area contributed by atoms with E-state index in [1.165, 1.54) is 5.56 Å². The fourth-order valence-corrected chi connectivity index (χ4v) is 2.21. The second-order valence-electron chi connectivity index (χ2n) is 5.75. The van der Waals surface area contributed by atoms with Crippen LogP contribution in [0.3, 0.4) is 0 Å². The van der Waals surface area contributed by atoms with Gasteiger partial charge in [-0.05, 0) is 27.2 Å². The normalized spacial score (nSPS) is 12.9. The molecule has 130 valence electrons. The Bertz CT molecular complexity index is 549. The van der Waals surface area contributed by atoms with Gasteiger partial charge in [0.2, 0.25) is 5.91 Å². The van der Waals surface area contributed by atoms with Gasteiger partial charge in [-0.15, -0.1) is 0 Å². The molecule has 1 amide bonds. The highest BCUT2D eigenvalue weighted by Crippen LogP contribution is 2.10. The summed E-state index contributed by atoms with van der Waals surface area (Å²) in [5, 5.41) is 13.8. The molecular weight excluding hydrogens is 292 g/mol. The third-order valence-electron chi connectivity index (χ3n) is 3.98. The Balaban J connectivity index is 2.39. The Hall–Kier alpha value is -2.05. The minimum absolute atomic E-state index is 0.0567. The molecule has 1 unspecified atom stereocenters. The molecule has 23 heavy (non-hydrogen) atoms. The van der Waals surface area contributed by atoms with Crippen molar-refractivity contribution >= 4 is 11.9 Å². The summed E-state index contributed by atoms with van der Waals surface area (Å²) in [5.41, 5.74) is 3.32. The number of rotatable bonds is 7. The van der Waals surface area contributed by atoms with Crippen LogP contribution in [0.1, 0.15) is 43.6 Å². The minimum atomic E-state index is 0.0567. The average Bonchev–Trinajstić information content (AvgIpc) is 2.75. The van der Waals surface area contributed by atoms with Crippen LogP contribution in [0.15, 0.2) is 4.99 Å². The van der Waals surface area contributed by atoms with Gasteiger partial charge in [-0.1, -0.05) is 6.92 Å². The van der Waals surface area contributed by atoms with Gasteiger partial charge in [-0.3, -0.25) is 14.5 Å². The SMILES string of the molecule is CCC(C)NC(=O)CCNC(=NC)NCc1c(C)nn(C)c1C. The van der Waals surface area contributed by atoms with Gasteiger partial charge in [-0.25, -0.2) is 0 Å². The summed E-state index contributed by atoms with van der Waals surface area (Å²) >= 11 is 0. The van der Waals surface area contributed by atoms with Gasteiger partial charge < -0.3 is 16.0 Å². The van der Waals surface area contributed by atoms with E-state index in [1.54, 1.807) is 7.05 Å². The van der Waals surface area contributed by atoms with Crippen LogP contribution in [-0.4, -0.2) is 41.3 Å². The Labute approximate surface area is 138 Å². The zero-order valence-electron chi connectivity index (χ0n) is 15.2. The van der Waals surface area contributed by atoms with Gasteiger partial charge in [-0.2, -0.15) is 5.10 Å². The molecule has 0 aliphatic rings. The minimum Gasteiger partial charge on any atom is -0.356 e. The number of nitrogens with zero attached hydrogens (tertiary/aromatic N) is 3. The molecule has 0 saturated heterocycles. The molecule has 0 spiro atoms. The summed E-state index contributed by atoms with van der Waals surface area (Å²) in [6, 6.07) is 0.219. The van der Waals surface area contributed by atoms with E-state index in [0.717, 1.165) is 17.8 Å². The van der Waals surface area contributed by atoms with E-state index in [-0.39, 0.29) is 11.9 Å². The van der Waals surface area contributed by atoms with E-state index in [0.29, 0.717) is 25.5 Å². The van der Waals surface area contributed by atoms with E-state index >= 15 is 0 Å². The van der Waals surface area contributed by atoms with Crippen molar-refractivity contribution in [1.29, 1.82) is 0 Å². The lowest BCUT2D eigenvalue weighted by Crippen LogP contribution is -2.40. The van der Waals surface area contributed by atoms with E-state index in [2.05, 4.69) is 33.0 Å². The lowest BCUT2D eigenvalue weighted by molar-refractivity contribution is -0.121. The van der Waals surface area contributed by atoms with Crippen LogP contribution < -0.4 is 16.0 Å². The molecule has 0 aromatic carbocycles. The van der Waals surface area contributed by atoms with Crippen molar-refractivity contribution in [2.45, 2.75) is 53.1 Å². The fraction of sp³-hybridized carbons (Fsp3) is 0.688. The van der Waals surface area contributed by atoms with Crippen LogP contribution in [-0.2, 0) is 18.4 Å². The zero-order valence-corrected chi connectivity index (χ0v) is 15.2. The van der Waals surface area contributed by atoms with Crippen molar-refractivity contribution in [2.75, 3.05) is 13.6 Å². The van der Waals surface area contributed by atoms with Crippen LogP contribution in [0.25, 0.3) is 0 Å². The maximum absolute atomic E-state index is 11.7. The summed E-state index contributed by atoms with van der Waals surface area (Å²) in [5.74, 6) is 0.741. The fourth-order valence-electron chi connectivity index (χ4n) is 2.21. The van der Waals surface area contributed by atoms with Crippen molar-refractivity contribution in [3.63, 3.8) is 0 Å². The molecule has 0 aliphatic carbocycles. The molecule has 1 heterocycles. The number of aliphatic imine (C=N–C) groups is 1. The largest absolute Gasteiger partial charge is 0.356 e. The van der Waals surface area contributed by atoms with E-state index in [4.69, 9.17) is 0 Å². The predicted octanol–water partition coefficient (Wildman–Crippen LogP) is 1.01. The first-order valence-electron chi connectivity index (χ1n) is 8.11. The van der Waals surface area contributed by atoms with Crippen molar-refractivity contribution in [1.82, 2.24) is 25.7 Å². The van der Waals surface area contributed by atoms with Gasteiger partial charge >= 0.3 is 0 Å². The summed E-state index contributed by atoms with van der Waals surface area (Å²) in [7, 11) is 3.66. The van der Waals surface area contributed by atoms with E-state index in [1.807, 2.05) is 32.5 Å². The molecule has 0 aliphatic heterocycles. The number of hydrogen-bond acceptors (Lipinski definition) is 3. The number of hydrogen-bond donors (Lipinski definition) is 3. The van der Waals surface area contributed by atoms with Gasteiger partial charge in [0.1, 0.15) is 0 Å². The monoisotopic (exact) mass is 322 g/mol. The first-order chi connectivity index (χ1) is 10.9. The zero-order chi connectivity index (χ0) is 17.4. The van der Waals surface area contributed by atoms with Crippen molar-refractivity contribution in [3.05, 3.63) is 17.0 Å². The number of aromatic nitrogens is 2. The molecule has 0 bridgehead atoms. The highest BCUT2D eigenvalue weighted by atomic mass is 16.1. The first kappa shape index (κ1) is 19.0. The molecule has 1 aromatic rings. The highest BCUT2D eigenvalue weighted by Gasteiger charge is 2.10. The Morgan fingerprint density at radius 1 is 1.35 bits per heavy atom. The maximum Gasteiger partial charge on any atom is 0.221 e. The van der Waals surface area contributed by atoms with Crippen LogP contribution in [0.4, 0.5) is 0 Å². The van der Waals surface area contributed by atoms with Crippen LogP contribution >= 0.6 is 0 Å². The summed E-state index contributed by atoms with van der Waals surface area (Å²) < 4.78 is 1.88. The molecule has 0 saturated carbocycles. The smallest absolute Gasteiger partial charge is 0.221 e. The quantitative estimate of drug-likeness (QED) is 0.517. The van der Waals surface area contributed by atoms with Crippen molar-refractivity contribution in [3.8, 4) is 0 Å². The number of carbonyl (C=O) groups is 1. The van der Waals surface area contributed by atoms with Crippen LogP contribution in [0.5, 0.6) is 0 Å². The predicted molar refractivity (Wildman–Crippen MR) is 93.4 cm³/mol. The molecule has 0 fully saturated rings. The molecule has 1 aromatic heterocycles. The lowest BCUT2D eigenvalue weighted by atomic mass is 10.2. The van der Waals surface area contributed by atoms with Gasteiger partial charge in [0.05, 0.1) is 5.69 Å². The number of guanidine groups is 1. The maximum atomic E-state index is 11.7. The standard InChI is InChI=1S/C16H30N6O/c1-7-11(2)20-15(23)8-9-18-16(17-5)19-10-14-12(3)21-22(6)13(14)4/h11H,7-10H2,1-6H3,(H,20,23)(H2,17,18,19). The Morgan fingerprint density at radius 2 is 2.04 bits per heavy atom. The summed E-state index contributed by atoms with van der Waals surface area (Å²) in [6.07, 6.45) is 1.36. The van der Waals surface area contributed by atoms with E-state index in [9.17, 15) is 4.79 Å². The van der Waals surface area contributed by atoms with E-state index < -0.39 is 0 Å². The molecule has 7 heteroatoms. The van der Waals surface area contributed by atoms with Crippen LogP contribution in [0.2, 0.25) is 0 Å². The number of aryl methyl sites for hydroxylation is 2. The lowest BCUT2D eigenvalue weighted by Gasteiger charge is -2.14. The molecule has 0 radical (unpaired) electrons. The summed E-state index contributed by atoms with van der Waals surface area (Å²) in [4.78, 5) is 15.9. The molecule has 1 atom stereocenters.